The minimum atomic E-state index is -0.250. The highest BCUT2D eigenvalue weighted by Crippen LogP contribution is 2.24. The summed E-state index contributed by atoms with van der Waals surface area (Å²) >= 11 is 0. The van der Waals surface area contributed by atoms with Crippen LogP contribution in [0.25, 0.3) is 0 Å². The Morgan fingerprint density at radius 3 is 2.37 bits per heavy atom. The summed E-state index contributed by atoms with van der Waals surface area (Å²) in [5, 5.41) is 6.06. The topological polar surface area (TPSA) is 79.8 Å². The lowest BCUT2D eigenvalue weighted by Crippen LogP contribution is -2.24. The molecule has 0 aliphatic rings. The number of nitrogens with one attached hydrogen (secondary N) is 2. The van der Waals surface area contributed by atoms with Crippen LogP contribution in [0.1, 0.15) is 42.4 Å². The third-order valence-corrected chi connectivity index (χ3v) is 4.13. The van der Waals surface area contributed by atoms with E-state index in [9.17, 15) is 4.79 Å². The van der Waals surface area contributed by atoms with Crippen molar-refractivity contribution in [3.05, 3.63) is 78.0 Å². The predicted molar refractivity (Wildman–Crippen MR) is 106 cm³/mol. The molecule has 0 fully saturated rings. The summed E-state index contributed by atoms with van der Waals surface area (Å²) in [4.78, 5) is 24.6. The van der Waals surface area contributed by atoms with Gasteiger partial charge in [0, 0.05) is 30.7 Å². The van der Waals surface area contributed by atoms with Crippen LogP contribution in [0.4, 0.5) is 11.5 Å². The third-order valence-electron chi connectivity index (χ3n) is 4.13. The SMILES string of the molecule is CC(C)(C)c1ccc(Nc2cc(C(=O)NCc3ccncc3)ncn2)cc1. The fourth-order valence-electron chi connectivity index (χ4n) is 2.52. The van der Waals surface area contributed by atoms with Gasteiger partial charge in [-0.25, -0.2) is 9.97 Å². The standard InChI is InChI=1S/C21H23N5O/c1-21(2,3)16-4-6-17(7-5-16)26-19-12-18(24-14-25-19)20(27)23-13-15-8-10-22-11-9-15/h4-12,14H,13H2,1-3H3,(H,23,27)(H,24,25,26). The van der Waals surface area contributed by atoms with Crippen molar-refractivity contribution in [2.45, 2.75) is 32.7 Å². The number of benzene rings is 1. The molecular formula is C21H23N5O. The maximum absolute atomic E-state index is 12.3. The van der Waals surface area contributed by atoms with Gasteiger partial charge in [0.2, 0.25) is 0 Å². The number of hydrogen-bond acceptors (Lipinski definition) is 5. The van der Waals surface area contributed by atoms with Crippen molar-refractivity contribution in [3.8, 4) is 0 Å². The van der Waals surface area contributed by atoms with E-state index in [2.05, 4.69) is 58.5 Å². The molecule has 0 unspecified atom stereocenters. The summed E-state index contributed by atoms with van der Waals surface area (Å²) < 4.78 is 0. The number of nitrogens with zero attached hydrogens (tertiary/aromatic N) is 3. The second-order valence-corrected chi connectivity index (χ2v) is 7.28. The molecule has 1 aromatic carbocycles. The third kappa shape index (κ3) is 5.10. The van der Waals surface area contributed by atoms with Crippen LogP contribution < -0.4 is 10.6 Å². The molecule has 6 nitrogen and oxygen atoms in total. The Balaban J connectivity index is 1.65. The molecule has 0 spiro atoms. The molecule has 6 heteroatoms. The molecule has 0 aliphatic carbocycles. The zero-order chi connectivity index (χ0) is 19.3. The van der Waals surface area contributed by atoms with Crippen molar-refractivity contribution < 1.29 is 4.79 Å². The van der Waals surface area contributed by atoms with E-state index in [1.54, 1.807) is 18.5 Å². The number of carbonyl (C=O) groups is 1. The van der Waals surface area contributed by atoms with E-state index in [0.29, 0.717) is 18.1 Å². The highest BCUT2D eigenvalue weighted by atomic mass is 16.1. The molecule has 0 saturated heterocycles. The number of hydrogen-bond donors (Lipinski definition) is 2. The number of aromatic nitrogens is 3. The Morgan fingerprint density at radius 1 is 1.00 bits per heavy atom. The molecule has 0 radical (unpaired) electrons. The van der Waals surface area contributed by atoms with Gasteiger partial charge in [-0.05, 0) is 40.8 Å². The monoisotopic (exact) mass is 361 g/mol. The molecule has 3 rings (SSSR count). The minimum absolute atomic E-state index is 0.105. The Kier molecular flexibility index (Phi) is 5.45. The van der Waals surface area contributed by atoms with Crippen molar-refractivity contribution >= 4 is 17.4 Å². The van der Waals surface area contributed by atoms with Crippen LogP contribution in [0.2, 0.25) is 0 Å². The van der Waals surface area contributed by atoms with Gasteiger partial charge in [0.15, 0.2) is 0 Å². The molecule has 138 valence electrons. The van der Waals surface area contributed by atoms with Crippen LogP contribution in [0.3, 0.4) is 0 Å². The zero-order valence-corrected chi connectivity index (χ0v) is 15.7. The van der Waals surface area contributed by atoms with Gasteiger partial charge in [-0.15, -0.1) is 0 Å². The number of rotatable bonds is 5. The first kappa shape index (κ1) is 18.5. The smallest absolute Gasteiger partial charge is 0.270 e. The number of pyridine rings is 1. The fraction of sp³-hybridized carbons (Fsp3) is 0.238. The summed E-state index contributed by atoms with van der Waals surface area (Å²) in [5.74, 6) is 0.322. The van der Waals surface area contributed by atoms with Crippen LogP contribution in [0, 0.1) is 0 Å². The van der Waals surface area contributed by atoms with E-state index in [-0.39, 0.29) is 11.3 Å². The molecule has 2 heterocycles. The molecule has 0 aliphatic heterocycles. The maximum atomic E-state index is 12.3. The zero-order valence-electron chi connectivity index (χ0n) is 15.7. The summed E-state index contributed by atoms with van der Waals surface area (Å²) in [6.07, 6.45) is 4.77. The van der Waals surface area contributed by atoms with E-state index in [0.717, 1.165) is 11.3 Å². The van der Waals surface area contributed by atoms with Gasteiger partial charge in [0.05, 0.1) is 0 Å². The second kappa shape index (κ2) is 7.95. The summed E-state index contributed by atoms with van der Waals surface area (Å²) in [6, 6.07) is 13.5. The van der Waals surface area contributed by atoms with Crippen LogP contribution in [0.15, 0.2) is 61.2 Å². The highest BCUT2D eigenvalue weighted by molar-refractivity contribution is 5.92. The first-order chi connectivity index (χ1) is 12.9. The molecule has 0 saturated carbocycles. The van der Waals surface area contributed by atoms with Gasteiger partial charge >= 0.3 is 0 Å². The van der Waals surface area contributed by atoms with Crippen LogP contribution in [-0.4, -0.2) is 20.9 Å². The first-order valence-corrected chi connectivity index (χ1v) is 8.78. The summed E-state index contributed by atoms with van der Waals surface area (Å²) in [7, 11) is 0. The Labute approximate surface area is 159 Å². The Hall–Kier alpha value is -3.28. The van der Waals surface area contributed by atoms with Gasteiger partial charge in [0.25, 0.3) is 5.91 Å². The van der Waals surface area contributed by atoms with Crippen molar-refractivity contribution in [2.24, 2.45) is 0 Å². The average molecular weight is 361 g/mol. The van der Waals surface area contributed by atoms with Crippen molar-refractivity contribution in [1.82, 2.24) is 20.3 Å². The van der Waals surface area contributed by atoms with E-state index in [1.807, 2.05) is 24.3 Å². The minimum Gasteiger partial charge on any atom is -0.347 e. The highest BCUT2D eigenvalue weighted by Gasteiger charge is 2.13. The van der Waals surface area contributed by atoms with Gasteiger partial charge in [-0.3, -0.25) is 9.78 Å². The molecule has 1 amide bonds. The van der Waals surface area contributed by atoms with E-state index in [4.69, 9.17) is 0 Å². The Morgan fingerprint density at radius 2 is 1.70 bits per heavy atom. The molecule has 27 heavy (non-hydrogen) atoms. The fourth-order valence-corrected chi connectivity index (χ4v) is 2.52. The van der Waals surface area contributed by atoms with Crippen molar-refractivity contribution in [1.29, 1.82) is 0 Å². The lowest BCUT2D eigenvalue weighted by Gasteiger charge is -2.19. The molecular weight excluding hydrogens is 338 g/mol. The van der Waals surface area contributed by atoms with E-state index >= 15 is 0 Å². The number of carbonyl (C=O) groups excluding carboxylic acids is 1. The second-order valence-electron chi connectivity index (χ2n) is 7.28. The summed E-state index contributed by atoms with van der Waals surface area (Å²) in [5.41, 5.74) is 3.56. The van der Waals surface area contributed by atoms with Gasteiger partial charge in [-0.1, -0.05) is 32.9 Å². The van der Waals surface area contributed by atoms with E-state index in [1.165, 1.54) is 11.9 Å². The quantitative estimate of drug-likeness (QED) is 0.722. The average Bonchev–Trinajstić information content (AvgIpc) is 2.67. The first-order valence-electron chi connectivity index (χ1n) is 8.78. The lowest BCUT2D eigenvalue weighted by atomic mass is 9.87. The predicted octanol–water partition coefficient (Wildman–Crippen LogP) is 3.84. The van der Waals surface area contributed by atoms with Gasteiger partial charge in [-0.2, -0.15) is 0 Å². The van der Waals surface area contributed by atoms with Crippen molar-refractivity contribution in [3.63, 3.8) is 0 Å². The largest absolute Gasteiger partial charge is 0.347 e. The van der Waals surface area contributed by atoms with Gasteiger partial charge in [0.1, 0.15) is 17.8 Å². The number of anilines is 2. The van der Waals surface area contributed by atoms with Gasteiger partial charge < -0.3 is 10.6 Å². The van der Waals surface area contributed by atoms with Crippen LogP contribution in [0.5, 0.6) is 0 Å². The normalized spacial score (nSPS) is 11.1. The maximum Gasteiger partial charge on any atom is 0.270 e. The van der Waals surface area contributed by atoms with Crippen LogP contribution >= 0.6 is 0 Å². The van der Waals surface area contributed by atoms with Crippen LogP contribution in [-0.2, 0) is 12.0 Å². The summed E-state index contributed by atoms with van der Waals surface area (Å²) in [6.45, 7) is 6.95. The lowest BCUT2D eigenvalue weighted by molar-refractivity contribution is 0.0946. The molecule has 3 aromatic rings. The number of amides is 1. The molecule has 0 atom stereocenters. The Bertz CT molecular complexity index is 902. The molecule has 2 N–H and O–H groups in total. The van der Waals surface area contributed by atoms with E-state index < -0.39 is 0 Å². The molecule has 2 aromatic heterocycles. The van der Waals surface area contributed by atoms with Crippen molar-refractivity contribution in [2.75, 3.05) is 5.32 Å². The molecule has 0 bridgehead atoms.